The summed E-state index contributed by atoms with van der Waals surface area (Å²) in [5.74, 6) is 1.49. The van der Waals surface area contributed by atoms with Crippen molar-refractivity contribution in [3.05, 3.63) is 41.8 Å². The van der Waals surface area contributed by atoms with Crippen LogP contribution in [-0.4, -0.2) is 42.3 Å². The van der Waals surface area contributed by atoms with Crippen molar-refractivity contribution in [1.29, 1.82) is 0 Å². The summed E-state index contributed by atoms with van der Waals surface area (Å²) < 4.78 is 5.42. The van der Waals surface area contributed by atoms with Gasteiger partial charge in [0.15, 0.2) is 11.6 Å². The minimum Gasteiger partial charge on any atom is -0.491 e. The van der Waals surface area contributed by atoms with Gasteiger partial charge in [0.25, 0.3) is 0 Å². The second-order valence-electron chi connectivity index (χ2n) is 6.06. The van der Waals surface area contributed by atoms with E-state index in [0.717, 1.165) is 18.9 Å². The Hall–Kier alpha value is -2.01. The summed E-state index contributed by atoms with van der Waals surface area (Å²) in [7, 11) is 1.64. The average Bonchev–Trinajstić information content (AvgIpc) is 2.85. The monoisotopic (exact) mass is 330 g/mol. The normalized spacial score (nSPS) is 23.2. The molecule has 1 aromatic heterocycles. The number of anilines is 2. The summed E-state index contributed by atoms with van der Waals surface area (Å²) in [5.41, 5.74) is 1.31. The minimum absolute atomic E-state index is 0.263. The molecule has 0 radical (unpaired) electrons. The molecular formula is C17H19ClN4O. The molecule has 2 saturated heterocycles. The van der Waals surface area contributed by atoms with Gasteiger partial charge in [-0.15, -0.1) is 0 Å². The zero-order valence-corrected chi connectivity index (χ0v) is 13.8. The largest absolute Gasteiger partial charge is 0.491 e. The lowest BCUT2D eigenvalue weighted by atomic mass is 10.1. The van der Waals surface area contributed by atoms with E-state index < -0.39 is 0 Å². The van der Waals surface area contributed by atoms with Gasteiger partial charge in [0.1, 0.15) is 0 Å². The van der Waals surface area contributed by atoms with Crippen LogP contribution in [0.3, 0.4) is 0 Å². The third-order valence-corrected chi connectivity index (χ3v) is 4.94. The van der Waals surface area contributed by atoms with Gasteiger partial charge in [0.2, 0.25) is 5.28 Å². The SMILES string of the molecule is COc1cnc(Cl)nc1N1CC2CCC(C1)N2c1ccccc1. The zero-order valence-electron chi connectivity index (χ0n) is 13.0. The Balaban J connectivity index is 1.62. The number of hydrogen-bond acceptors (Lipinski definition) is 5. The van der Waals surface area contributed by atoms with Gasteiger partial charge in [-0.2, -0.15) is 4.98 Å². The van der Waals surface area contributed by atoms with E-state index in [9.17, 15) is 0 Å². The number of nitrogens with zero attached hydrogens (tertiary/aromatic N) is 4. The highest BCUT2D eigenvalue weighted by molar-refractivity contribution is 6.28. The maximum Gasteiger partial charge on any atom is 0.224 e. The summed E-state index contributed by atoms with van der Waals surface area (Å²) in [5, 5.41) is 0.263. The molecule has 2 aliphatic heterocycles. The molecule has 0 aliphatic carbocycles. The van der Waals surface area contributed by atoms with E-state index in [4.69, 9.17) is 16.3 Å². The Kier molecular flexibility index (Phi) is 3.73. The molecule has 2 unspecified atom stereocenters. The van der Waals surface area contributed by atoms with Gasteiger partial charge in [-0.25, -0.2) is 4.98 Å². The molecule has 1 aromatic carbocycles. The second kappa shape index (κ2) is 5.89. The third-order valence-electron chi connectivity index (χ3n) is 4.76. The average molecular weight is 331 g/mol. The van der Waals surface area contributed by atoms with Gasteiger partial charge < -0.3 is 14.5 Å². The second-order valence-corrected chi connectivity index (χ2v) is 6.40. The van der Waals surface area contributed by atoms with Gasteiger partial charge in [0, 0.05) is 30.9 Å². The Bertz CT molecular complexity index is 682. The summed E-state index contributed by atoms with van der Waals surface area (Å²) in [4.78, 5) is 13.3. The number of fused-ring (bicyclic) bond motifs is 2. The van der Waals surface area contributed by atoms with E-state index >= 15 is 0 Å². The van der Waals surface area contributed by atoms with Crippen molar-refractivity contribution in [3.8, 4) is 5.75 Å². The first kappa shape index (κ1) is 14.6. The van der Waals surface area contributed by atoms with Crippen LogP contribution in [0, 0.1) is 0 Å². The van der Waals surface area contributed by atoms with E-state index in [1.807, 2.05) is 0 Å². The highest BCUT2D eigenvalue weighted by Gasteiger charge is 2.41. The van der Waals surface area contributed by atoms with Crippen LogP contribution in [0.1, 0.15) is 12.8 Å². The molecule has 0 spiro atoms. The summed E-state index contributed by atoms with van der Waals surface area (Å²) in [6.45, 7) is 1.85. The summed E-state index contributed by atoms with van der Waals surface area (Å²) in [6.07, 6.45) is 4.06. The van der Waals surface area contributed by atoms with Crippen LogP contribution in [-0.2, 0) is 0 Å². The van der Waals surface area contributed by atoms with E-state index in [1.165, 1.54) is 18.5 Å². The molecule has 23 heavy (non-hydrogen) atoms. The molecule has 0 saturated carbocycles. The number of methoxy groups -OCH3 is 1. The summed E-state index contributed by atoms with van der Waals surface area (Å²) in [6, 6.07) is 11.7. The van der Waals surface area contributed by atoms with Gasteiger partial charge >= 0.3 is 0 Å². The first-order chi connectivity index (χ1) is 11.3. The number of rotatable bonds is 3. The van der Waals surface area contributed by atoms with E-state index in [1.54, 1.807) is 13.3 Å². The van der Waals surface area contributed by atoms with Crippen molar-refractivity contribution >= 4 is 23.1 Å². The Morgan fingerprint density at radius 2 is 1.83 bits per heavy atom. The lowest BCUT2D eigenvalue weighted by Gasteiger charge is -2.43. The molecule has 6 heteroatoms. The molecule has 2 aromatic rings. The minimum atomic E-state index is 0.263. The Morgan fingerprint density at radius 1 is 1.13 bits per heavy atom. The van der Waals surface area contributed by atoms with Crippen molar-refractivity contribution in [1.82, 2.24) is 9.97 Å². The maximum atomic E-state index is 5.99. The number of para-hydroxylation sites is 1. The fourth-order valence-electron chi connectivity index (χ4n) is 3.81. The molecule has 5 nitrogen and oxygen atoms in total. The topological polar surface area (TPSA) is 41.5 Å². The number of halogens is 1. The number of aromatic nitrogens is 2. The van der Waals surface area contributed by atoms with Crippen LogP contribution in [0.4, 0.5) is 11.5 Å². The van der Waals surface area contributed by atoms with Gasteiger partial charge in [-0.1, -0.05) is 18.2 Å². The molecular weight excluding hydrogens is 312 g/mol. The number of hydrogen-bond donors (Lipinski definition) is 0. The fraction of sp³-hybridized carbons (Fsp3) is 0.412. The van der Waals surface area contributed by atoms with Crippen molar-refractivity contribution in [3.63, 3.8) is 0 Å². The Labute approximate surface area is 140 Å². The molecule has 2 fully saturated rings. The van der Waals surface area contributed by atoms with Crippen molar-refractivity contribution in [2.45, 2.75) is 24.9 Å². The van der Waals surface area contributed by atoms with Crippen molar-refractivity contribution in [2.75, 3.05) is 30.0 Å². The van der Waals surface area contributed by atoms with Crippen LogP contribution < -0.4 is 14.5 Å². The lowest BCUT2D eigenvalue weighted by Crippen LogP contribution is -2.54. The first-order valence-corrected chi connectivity index (χ1v) is 8.29. The van der Waals surface area contributed by atoms with Crippen LogP contribution in [0.25, 0.3) is 0 Å². The first-order valence-electron chi connectivity index (χ1n) is 7.91. The smallest absolute Gasteiger partial charge is 0.224 e. The zero-order chi connectivity index (χ0) is 15.8. The highest BCUT2D eigenvalue weighted by atomic mass is 35.5. The number of ether oxygens (including phenoxy) is 1. The number of benzene rings is 1. The number of piperazine rings is 1. The molecule has 4 rings (SSSR count). The lowest BCUT2D eigenvalue weighted by molar-refractivity contribution is 0.407. The predicted octanol–water partition coefficient (Wildman–Crippen LogP) is 3.00. The Morgan fingerprint density at radius 3 is 2.48 bits per heavy atom. The summed E-state index contributed by atoms with van der Waals surface area (Å²) >= 11 is 5.99. The van der Waals surface area contributed by atoms with Gasteiger partial charge in [0.05, 0.1) is 13.3 Å². The van der Waals surface area contributed by atoms with Crippen LogP contribution in [0.15, 0.2) is 36.5 Å². The molecule has 3 heterocycles. The molecule has 0 N–H and O–H groups in total. The van der Waals surface area contributed by atoms with Crippen LogP contribution in [0.5, 0.6) is 5.75 Å². The standard InChI is InChI=1S/C17H19ClN4O/c1-23-15-9-19-17(18)20-16(15)21-10-13-7-8-14(11-21)22(13)12-5-3-2-4-6-12/h2-6,9,13-14H,7-8,10-11H2,1H3. The van der Waals surface area contributed by atoms with E-state index in [0.29, 0.717) is 17.8 Å². The molecule has 2 aliphatic rings. The fourth-order valence-corrected chi connectivity index (χ4v) is 3.94. The van der Waals surface area contributed by atoms with Crippen LogP contribution >= 0.6 is 11.6 Å². The van der Waals surface area contributed by atoms with E-state index in [2.05, 4.69) is 50.1 Å². The maximum absolute atomic E-state index is 5.99. The molecule has 2 atom stereocenters. The van der Waals surface area contributed by atoms with Crippen molar-refractivity contribution in [2.24, 2.45) is 0 Å². The van der Waals surface area contributed by atoms with Crippen LogP contribution in [0.2, 0.25) is 5.28 Å². The van der Waals surface area contributed by atoms with Gasteiger partial charge in [-0.3, -0.25) is 0 Å². The molecule has 0 amide bonds. The predicted molar refractivity (Wildman–Crippen MR) is 91.5 cm³/mol. The van der Waals surface area contributed by atoms with Gasteiger partial charge in [-0.05, 0) is 36.6 Å². The third kappa shape index (κ3) is 2.59. The van der Waals surface area contributed by atoms with E-state index in [-0.39, 0.29) is 5.28 Å². The molecule has 2 bridgehead atoms. The highest BCUT2D eigenvalue weighted by Crippen LogP contribution is 2.38. The molecule has 120 valence electrons. The quantitative estimate of drug-likeness (QED) is 0.809. The van der Waals surface area contributed by atoms with Crippen molar-refractivity contribution < 1.29 is 4.74 Å².